The van der Waals surface area contributed by atoms with Crippen LogP contribution >= 0.6 is 0 Å². The highest BCUT2D eigenvalue weighted by Gasteiger charge is 2.21. The molecule has 152 valence electrons. The fourth-order valence-corrected chi connectivity index (χ4v) is 4.22. The average molecular weight is 382 g/mol. The third-order valence-corrected chi connectivity index (χ3v) is 6.09. The number of hydrogen-bond donors (Lipinski definition) is 1. The first-order valence-electron chi connectivity index (χ1n) is 10.7. The van der Waals surface area contributed by atoms with Crippen molar-refractivity contribution >= 4 is 6.08 Å². The van der Waals surface area contributed by atoms with Gasteiger partial charge < -0.3 is 9.84 Å². The minimum absolute atomic E-state index is 0.259. The molecule has 0 spiro atoms. The second-order valence-electron chi connectivity index (χ2n) is 8.43. The first-order valence-corrected chi connectivity index (χ1v) is 10.7. The van der Waals surface area contributed by atoms with Crippen LogP contribution in [-0.2, 0) is 0 Å². The topological polar surface area (TPSA) is 32.7 Å². The Bertz CT molecular complexity index is 707. The van der Waals surface area contributed by atoms with Crippen molar-refractivity contribution < 1.29 is 9.84 Å². The fraction of sp³-hybridized carbons (Fsp3) is 0.520. The number of ether oxygens (including phenoxy) is 1. The molecule has 1 aromatic rings. The number of aryl methyl sites for hydroxylation is 1. The van der Waals surface area contributed by atoms with Gasteiger partial charge in [0, 0.05) is 12.5 Å². The van der Waals surface area contributed by atoms with E-state index < -0.39 is 0 Å². The van der Waals surface area contributed by atoms with Gasteiger partial charge in [0.05, 0.1) is 11.9 Å². The number of likely N-dealkylation sites (tertiary alicyclic amines) is 1. The van der Waals surface area contributed by atoms with Crippen LogP contribution in [0.4, 0.5) is 0 Å². The van der Waals surface area contributed by atoms with Crippen molar-refractivity contribution in [3.05, 3.63) is 59.9 Å². The van der Waals surface area contributed by atoms with E-state index in [1.54, 1.807) is 0 Å². The molecule has 1 aliphatic carbocycles. The van der Waals surface area contributed by atoms with E-state index in [1.807, 2.05) is 0 Å². The maximum absolute atomic E-state index is 9.56. The Balaban J connectivity index is 1.53. The van der Waals surface area contributed by atoms with Gasteiger partial charge in [-0.1, -0.05) is 37.8 Å². The third kappa shape index (κ3) is 6.00. The molecule has 3 heteroatoms. The summed E-state index contributed by atoms with van der Waals surface area (Å²) in [5.74, 6) is 1.58. The lowest BCUT2D eigenvalue weighted by atomic mass is 9.95. The van der Waals surface area contributed by atoms with Gasteiger partial charge in [0.1, 0.15) is 5.75 Å². The molecule has 1 saturated heterocycles. The Morgan fingerprint density at radius 2 is 1.86 bits per heavy atom. The SMILES string of the molecule is C=C(/C=C\c1cc(OC2CCCCC2)ccc1C)CN1CCC(C(=C)O)CC1. The number of piperidine rings is 1. The Morgan fingerprint density at radius 3 is 2.54 bits per heavy atom. The number of benzene rings is 1. The number of aliphatic hydroxyl groups excluding tert-OH is 1. The van der Waals surface area contributed by atoms with Gasteiger partial charge in [0.25, 0.3) is 0 Å². The van der Waals surface area contributed by atoms with E-state index in [9.17, 15) is 5.11 Å². The first kappa shape index (κ1) is 20.7. The van der Waals surface area contributed by atoms with Gasteiger partial charge in [-0.15, -0.1) is 0 Å². The summed E-state index contributed by atoms with van der Waals surface area (Å²) in [5.41, 5.74) is 3.56. The Hall–Kier alpha value is -2.00. The fourth-order valence-electron chi connectivity index (χ4n) is 4.22. The molecule has 2 fully saturated rings. The normalized spacial score (nSPS) is 19.8. The molecule has 0 amide bonds. The average Bonchev–Trinajstić information content (AvgIpc) is 2.69. The molecule has 1 saturated carbocycles. The maximum atomic E-state index is 9.56. The summed E-state index contributed by atoms with van der Waals surface area (Å²) in [6, 6.07) is 6.40. The zero-order valence-corrected chi connectivity index (χ0v) is 17.3. The van der Waals surface area contributed by atoms with E-state index in [2.05, 4.69) is 55.3 Å². The predicted molar refractivity (Wildman–Crippen MR) is 118 cm³/mol. The number of allylic oxidation sites excluding steroid dienone is 1. The van der Waals surface area contributed by atoms with Crippen LogP contribution in [0.25, 0.3) is 6.08 Å². The maximum Gasteiger partial charge on any atom is 0.120 e. The summed E-state index contributed by atoms with van der Waals surface area (Å²) in [6.45, 7) is 12.9. The van der Waals surface area contributed by atoms with Crippen LogP contribution < -0.4 is 4.74 Å². The summed E-state index contributed by atoms with van der Waals surface area (Å²) in [5, 5.41) is 9.56. The lowest BCUT2D eigenvalue weighted by Crippen LogP contribution is -2.35. The Morgan fingerprint density at radius 1 is 1.14 bits per heavy atom. The van der Waals surface area contributed by atoms with Gasteiger partial charge in [0.15, 0.2) is 0 Å². The van der Waals surface area contributed by atoms with Gasteiger partial charge in [-0.3, -0.25) is 4.90 Å². The first-order chi connectivity index (χ1) is 13.5. The summed E-state index contributed by atoms with van der Waals surface area (Å²) < 4.78 is 6.22. The van der Waals surface area contributed by atoms with Crippen molar-refractivity contribution in [2.45, 2.75) is 58.0 Å². The molecule has 0 bridgehead atoms. The molecular formula is C25H35NO2. The molecule has 2 aliphatic rings. The lowest BCUT2D eigenvalue weighted by Gasteiger charge is -2.31. The summed E-state index contributed by atoms with van der Waals surface area (Å²) in [6.07, 6.45) is 12.9. The number of rotatable bonds is 7. The molecule has 1 heterocycles. The van der Waals surface area contributed by atoms with E-state index in [-0.39, 0.29) is 5.92 Å². The quantitative estimate of drug-likeness (QED) is 0.460. The molecule has 1 N–H and O–H groups in total. The minimum Gasteiger partial charge on any atom is -0.513 e. The standard InChI is InChI=1S/C25H35NO2/c1-19(18-26-15-13-22(14-16-26)21(3)27)9-11-23-17-25(12-10-20(23)2)28-24-7-5-4-6-8-24/h9-12,17,22,24,27H,1,3-8,13-16,18H2,2H3/b11-9-. The van der Waals surface area contributed by atoms with E-state index in [4.69, 9.17) is 4.74 Å². The van der Waals surface area contributed by atoms with Crippen molar-refractivity contribution in [1.29, 1.82) is 0 Å². The highest BCUT2D eigenvalue weighted by Crippen LogP contribution is 2.26. The van der Waals surface area contributed by atoms with Gasteiger partial charge in [0.2, 0.25) is 0 Å². The minimum atomic E-state index is 0.259. The lowest BCUT2D eigenvalue weighted by molar-refractivity contribution is 0.155. The third-order valence-electron chi connectivity index (χ3n) is 6.09. The van der Waals surface area contributed by atoms with Gasteiger partial charge in [-0.05, 0) is 87.4 Å². The van der Waals surface area contributed by atoms with E-state index in [1.165, 1.54) is 43.2 Å². The van der Waals surface area contributed by atoms with Gasteiger partial charge in [-0.2, -0.15) is 0 Å². The van der Waals surface area contributed by atoms with Crippen LogP contribution in [0, 0.1) is 12.8 Å². The van der Waals surface area contributed by atoms with Crippen molar-refractivity contribution in [3.8, 4) is 5.75 Å². The smallest absolute Gasteiger partial charge is 0.120 e. The molecular weight excluding hydrogens is 346 g/mol. The Kier molecular flexibility index (Phi) is 7.38. The number of hydrogen-bond acceptors (Lipinski definition) is 3. The molecule has 0 unspecified atom stereocenters. The van der Waals surface area contributed by atoms with Crippen molar-refractivity contribution in [1.82, 2.24) is 4.90 Å². The molecule has 3 nitrogen and oxygen atoms in total. The molecule has 0 aromatic heterocycles. The van der Waals surface area contributed by atoms with E-state index in [0.29, 0.717) is 11.9 Å². The monoisotopic (exact) mass is 381 g/mol. The van der Waals surface area contributed by atoms with Crippen LogP contribution in [0.3, 0.4) is 0 Å². The van der Waals surface area contributed by atoms with Crippen LogP contribution in [0.2, 0.25) is 0 Å². The molecule has 0 atom stereocenters. The molecule has 3 rings (SSSR count). The number of aliphatic hydroxyl groups is 1. The second kappa shape index (κ2) is 9.97. The molecule has 1 aliphatic heterocycles. The second-order valence-corrected chi connectivity index (χ2v) is 8.43. The molecule has 1 aromatic carbocycles. The molecule has 28 heavy (non-hydrogen) atoms. The zero-order chi connectivity index (χ0) is 19.9. The van der Waals surface area contributed by atoms with Crippen LogP contribution in [0.1, 0.15) is 56.1 Å². The molecule has 0 radical (unpaired) electrons. The van der Waals surface area contributed by atoms with Crippen molar-refractivity contribution in [2.75, 3.05) is 19.6 Å². The van der Waals surface area contributed by atoms with Crippen LogP contribution in [0.15, 0.2) is 48.8 Å². The predicted octanol–water partition coefficient (Wildman–Crippen LogP) is 6.06. The Labute approximate surface area is 170 Å². The zero-order valence-electron chi connectivity index (χ0n) is 17.3. The summed E-state index contributed by atoms with van der Waals surface area (Å²) in [4.78, 5) is 2.40. The highest BCUT2D eigenvalue weighted by atomic mass is 16.5. The van der Waals surface area contributed by atoms with Crippen LogP contribution in [0.5, 0.6) is 5.75 Å². The van der Waals surface area contributed by atoms with Crippen molar-refractivity contribution in [3.63, 3.8) is 0 Å². The van der Waals surface area contributed by atoms with Crippen molar-refractivity contribution in [2.24, 2.45) is 5.92 Å². The van der Waals surface area contributed by atoms with Crippen LogP contribution in [-0.4, -0.2) is 35.7 Å². The van der Waals surface area contributed by atoms with E-state index >= 15 is 0 Å². The van der Waals surface area contributed by atoms with Gasteiger partial charge in [-0.25, -0.2) is 0 Å². The largest absolute Gasteiger partial charge is 0.513 e. The number of nitrogens with zero attached hydrogens (tertiary/aromatic N) is 1. The van der Waals surface area contributed by atoms with Gasteiger partial charge >= 0.3 is 0 Å². The van der Waals surface area contributed by atoms with E-state index in [0.717, 1.165) is 43.8 Å². The summed E-state index contributed by atoms with van der Waals surface area (Å²) in [7, 11) is 0. The highest BCUT2D eigenvalue weighted by molar-refractivity contribution is 5.58. The summed E-state index contributed by atoms with van der Waals surface area (Å²) >= 11 is 0.